The van der Waals surface area contributed by atoms with E-state index in [1.807, 2.05) is 0 Å². The molecular weight excluding hydrogens is 276 g/mol. The topological polar surface area (TPSA) is 133 Å². The molecule has 0 radical (unpaired) electrons. The lowest BCUT2D eigenvalue weighted by molar-refractivity contribution is -0.139. The Labute approximate surface area is 119 Å². The van der Waals surface area contributed by atoms with E-state index >= 15 is 0 Å². The molecule has 2 amide bonds. The van der Waals surface area contributed by atoms with Crippen molar-refractivity contribution >= 4 is 12.0 Å². The van der Waals surface area contributed by atoms with Crippen molar-refractivity contribution in [1.29, 1.82) is 0 Å². The van der Waals surface area contributed by atoms with Crippen molar-refractivity contribution in [3.63, 3.8) is 0 Å². The monoisotopic (exact) mass is 290 g/mol. The van der Waals surface area contributed by atoms with Gasteiger partial charge in [-0.3, -0.25) is 0 Å². The highest BCUT2D eigenvalue weighted by Gasteiger charge is 2.20. The highest BCUT2D eigenvalue weighted by Crippen LogP contribution is 1.99. The molecule has 0 unspecified atom stereocenters. The number of aromatic nitrogens is 4. The lowest BCUT2D eigenvalue weighted by Crippen LogP contribution is -2.47. The van der Waals surface area contributed by atoms with Crippen molar-refractivity contribution in [2.24, 2.45) is 0 Å². The van der Waals surface area contributed by atoms with E-state index in [-0.39, 0.29) is 13.0 Å². The number of imidazole rings is 1. The van der Waals surface area contributed by atoms with Gasteiger partial charge in [-0.1, -0.05) is 0 Å². The van der Waals surface area contributed by atoms with E-state index < -0.39 is 18.0 Å². The van der Waals surface area contributed by atoms with E-state index in [0.717, 1.165) is 0 Å². The van der Waals surface area contributed by atoms with Crippen LogP contribution in [0.25, 0.3) is 0 Å². The molecule has 0 aromatic carbocycles. The van der Waals surface area contributed by atoms with Gasteiger partial charge in [0.2, 0.25) is 0 Å². The summed E-state index contributed by atoms with van der Waals surface area (Å²) in [7, 11) is 0. The van der Waals surface area contributed by atoms with Crippen LogP contribution in [0.4, 0.5) is 4.79 Å². The van der Waals surface area contributed by atoms with Crippen LogP contribution in [0.5, 0.6) is 0 Å². The summed E-state index contributed by atoms with van der Waals surface area (Å²) in [4.78, 5) is 37.1. The zero-order chi connectivity index (χ0) is 15.1. The largest absolute Gasteiger partial charge is 0.480 e. The van der Waals surface area contributed by atoms with Gasteiger partial charge in [0.15, 0.2) is 0 Å². The van der Waals surface area contributed by atoms with Gasteiger partial charge in [-0.25, -0.2) is 24.5 Å². The van der Waals surface area contributed by atoms with E-state index in [4.69, 9.17) is 5.11 Å². The molecule has 0 bridgehead atoms. The van der Waals surface area contributed by atoms with E-state index in [1.165, 1.54) is 18.9 Å². The van der Waals surface area contributed by atoms with Crippen molar-refractivity contribution in [3.8, 4) is 0 Å². The molecule has 110 valence electrons. The quantitative estimate of drug-likeness (QED) is 0.577. The molecule has 1 atom stereocenters. The minimum atomic E-state index is -1.12. The number of amides is 2. The van der Waals surface area contributed by atoms with Gasteiger partial charge < -0.3 is 20.7 Å². The molecule has 0 aliphatic heterocycles. The Morgan fingerprint density at radius 1 is 1.38 bits per heavy atom. The van der Waals surface area contributed by atoms with Crippen LogP contribution >= 0.6 is 0 Å². The predicted molar refractivity (Wildman–Crippen MR) is 71.1 cm³/mol. The summed E-state index contributed by atoms with van der Waals surface area (Å²) < 4.78 is 0. The Morgan fingerprint density at radius 3 is 2.86 bits per heavy atom. The van der Waals surface area contributed by atoms with Gasteiger partial charge in [-0.2, -0.15) is 0 Å². The third-order valence-corrected chi connectivity index (χ3v) is 2.66. The number of carboxylic acid groups (broad SMARTS) is 1. The second-order valence-electron chi connectivity index (χ2n) is 4.20. The van der Waals surface area contributed by atoms with Gasteiger partial charge in [0.05, 0.1) is 18.6 Å². The highest BCUT2D eigenvalue weighted by molar-refractivity contribution is 5.82. The van der Waals surface area contributed by atoms with Gasteiger partial charge in [-0.05, 0) is 6.07 Å². The van der Waals surface area contributed by atoms with Crippen molar-refractivity contribution in [1.82, 2.24) is 30.6 Å². The van der Waals surface area contributed by atoms with Crippen LogP contribution in [-0.2, 0) is 17.8 Å². The number of hydrogen-bond donors (Lipinski definition) is 4. The Morgan fingerprint density at radius 2 is 2.24 bits per heavy atom. The summed E-state index contributed by atoms with van der Waals surface area (Å²) in [6, 6.07) is 0.0240. The first kappa shape index (κ1) is 14.4. The Hall–Kier alpha value is -2.97. The molecule has 0 aliphatic carbocycles. The number of nitrogens with zero attached hydrogens (tertiary/aromatic N) is 3. The Balaban J connectivity index is 1.85. The lowest BCUT2D eigenvalue weighted by Gasteiger charge is -2.14. The standard InChI is InChI=1S/C12H14N6O3/c19-11(20)10(3-9-4-14-7-17-9)18-12(21)15-5-8-1-2-13-6-16-8/h1-2,4,6-7,10H,3,5H2,(H,14,17)(H,19,20)(H2,15,18,21)/t10-/m0/s1. The van der Waals surface area contributed by atoms with Crippen molar-refractivity contribution in [2.75, 3.05) is 0 Å². The van der Waals surface area contributed by atoms with Gasteiger partial charge >= 0.3 is 12.0 Å². The minimum absolute atomic E-state index is 0.121. The number of aliphatic carboxylic acids is 1. The number of rotatable bonds is 6. The average molecular weight is 290 g/mol. The van der Waals surface area contributed by atoms with E-state index in [1.54, 1.807) is 12.3 Å². The first-order valence-corrected chi connectivity index (χ1v) is 6.14. The van der Waals surface area contributed by atoms with Crippen molar-refractivity contribution in [3.05, 3.63) is 42.5 Å². The summed E-state index contributed by atoms with van der Waals surface area (Å²) in [6.07, 6.45) is 6.00. The number of carboxylic acids is 1. The molecule has 2 aromatic heterocycles. The maximum atomic E-state index is 11.7. The first-order valence-electron chi connectivity index (χ1n) is 6.14. The molecule has 2 aromatic rings. The number of urea groups is 1. The molecule has 0 spiro atoms. The molecule has 21 heavy (non-hydrogen) atoms. The smallest absolute Gasteiger partial charge is 0.326 e. The first-order chi connectivity index (χ1) is 10.1. The fourth-order valence-corrected chi connectivity index (χ4v) is 1.62. The van der Waals surface area contributed by atoms with E-state index in [2.05, 4.69) is 30.6 Å². The molecule has 4 N–H and O–H groups in total. The van der Waals surface area contributed by atoms with Gasteiger partial charge in [-0.15, -0.1) is 0 Å². The number of carbonyl (C=O) groups is 2. The zero-order valence-corrected chi connectivity index (χ0v) is 11.0. The number of aromatic amines is 1. The number of carbonyl (C=O) groups excluding carboxylic acids is 1. The molecule has 2 heterocycles. The molecule has 0 saturated carbocycles. The second-order valence-corrected chi connectivity index (χ2v) is 4.20. The fraction of sp³-hybridized carbons (Fsp3) is 0.250. The SMILES string of the molecule is O=C(NCc1ccncn1)N[C@@H](Cc1cnc[nH]1)C(=O)O. The van der Waals surface area contributed by atoms with Crippen LogP contribution in [0.1, 0.15) is 11.4 Å². The molecule has 9 heteroatoms. The zero-order valence-electron chi connectivity index (χ0n) is 11.0. The Bertz CT molecular complexity index is 586. The van der Waals surface area contributed by atoms with Crippen molar-refractivity contribution < 1.29 is 14.7 Å². The maximum Gasteiger partial charge on any atom is 0.326 e. The number of nitrogens with one attached hydrogen (secondary N) is 3. The second kappa shape index (κ2) is 6.98. The lowest BCUT2D eigenvalue weighted by atomic mass is 10.2. The van der Waals surface area contributed by atoms with Gasteiger partial charge in [0.1, 0.15) is 12.4 Å². The normalized spacial score (nSPS) is 11.6. The van der Waals surface area contributed by atoms with Crippen LogP contribution in [0.2, 0.25) is 0 Å². The fourth-order valence-electron chi connectivity index (χ4n) is 1.62. The highest BCUT2D eigenvalue weighted by atomic mass is 16.4. The van der Waals surface area contributed by atoms with E-state index in [0.29, 0.717) is 11.4 Å². The molecule has 2 rings (SSSR count). The molecular formula is C12H14N6O3. The van der Waals surface area contributed by atoms with Crippen LogP contribution in [0, 0.1) is 0 Å². The number of H-pyrrole nitrogens is 1. The van der Waals surface area contributed by atoms with Crippen molar-refractivity contribution in [2.45, 2.75) is 19.0 Å². The minimum Gasteiger partial charge on any atom is -0.480 e. The maximum absolute atomic E-state index is 11.7. The third-order valence-electron chi connectivity index (χ3n) is 2.66. The van der Waals surface area contributed by atoms with Crippen LogP contribution in [0.15, 0.2) is 31.1 Å². The summed E-state index contributed by atoms with van der Waals surface area (Å²) in [5, 5.41) is 14.0. The summed E-state index contributed by atoms with van der Waals surface area (Å²) in [6.45, 7) is 0.185. The average Bonchev–Trinajstić information content (AvgIpc) is 2.98. The number of hydrogen-bond acceptors (Lipinski definition) is 5. The van der Waals surface area contributed by atoms with Crippen LogP contribution < -0.4 is 10.6 Å². The molecule has 0 saturated heterocycles. The third kappa shape index (κ3) is 4.56. The van der Waals surface area contributed by atoms with Crippen LogP contribution in [0.3, 0.4) is 0 Å². The van der Waals surface area contributed by atoms with E-state index in [9.17, 15) is 9.59 Å². The molecule has 9 nitrogen and oxygen atoms in total. The summed E-state index contributed by atoms with van der Waals surface area (Å²) in [5.41, 5.74) is 1.25. The molecule has 0 fully saturated rings. The van der Waals surface area contributed by atoms with Gasteiger partial charge in [0.25, 0.3) is 0 Å². The predicted octanol–water partition coefficient (Wildman–Crippen LogP) is -0.305. The van der Waals surface area contributed by atoms with Gasteiger partial charge in [0, 0.05) is 24.5 Å². The van der Waals surface area contributed by atoms with Crippen LogP contribution in [-0.4, -0.2) is 43.1 Å². The summed E-state index contributed by atoms with van der Waals surface area (Å²) in [5.74, 6) is -1.12. The molecule has 0 aliphatic rings. The Kier molecular flexibility index (Phi) is 4.80. The summed E-state index contributed by atoms with van der Waals surface area (Å²) >= 11 is 0.